The zero-order valence-corrected chi connectivity index (χ0v) is 8.20. The SMILES string of the molecule is c1nn2c(c1[C@H]1CCOC1)CNCC2. The first-order chi connectivity index (χ1) is 6.95. The smallest absolute Gasteiger partial charge is 0.0558 e. The second-order valence-corrected chi connectivity index (χ2v) is 4.01. The molecule has 76 valence electrons. The van der Waals surface area contributed by atoms with Gasteiger partial charge in [-0.3, -0.25) is 4.68 Å². The van der Waals surface area contributed by atoms with Gasteiger partial charge in [-0.25, -0.2) is 0 Å². The minimum atomic E-state index is 0.582. The monoisotopic (exact) mass is 193 g/mol. The topological polar surface area (TPSA) is 39.1 Å². The summed E-state index contributed by atoms with van der Waals surface area (Å²) in [7, 11) is 0. The van der Waals surface area contributed by atoms with E-state index in [0.29, 0.717) is 5.92 Å². The number of nitrogens with zero attached hydrogens (tertiary/aromatic N) is 2. The van der Waals surface area contributed by atoms with Gasteiger partial charge in [-0.2, -0.15) is 5.10 Å². The number of fused-ring (bicyclic) bond motifs is 1. The molecule has 0 unspecified atom stereocenters. The van der Waals surface area contributed by atoms with Crippen molar-refractivity contribution in [1.82, 2.24) is 15.1 Å². The summed E-state index contributed by atoms with van der Waals surface area (Å²) >= 11 is 0. The fraction of sp³-hybridized carbons (Fsp3) is 0.700. The van der Waals surface area contributed by atoms with Crippen LogP contribution in [0.5, 0.6) is 0 Å². The minimum Gasteiger partial charge on any atom is -0.381 e. The maximum atomic E-state index is 5.41. The van der Waals surface area contributed by atoms with Crippen LogP contribution in [0.4, 0.5) is 0 Å². The summed E-state index contributed by atoms with van der Waals surface area (Å²) in [6.45, 7) is 4.78. The van der Waals surface area contributed by atoms with Crippen LogP contribution in [0.3, 0.4) is 0 Å². The van der Waals surface area contributed by atoms with Crippen molar-refractivity contribution in [3.8, 4) is 0 Å². The van der Waals surface area contributed by atoms with Crippen LogP contribution in [-0.2, 0) is 17.8 Å². The first kappa shape index (κ1) is 8.44. The third kappa shape index (κ3) is 1.26. The second kappa shape index (κ2) is 3.37. The van der Waals surface area contributed by atoms with E-state index in [2.05, 4.69) is 15.1 Å². The van der Waals surface area contributed by atoms with Crippen molar-refractivity contribution in [3.05, 3.63) is 17.5 Å². The molecule has 4 nitrogen and oxygen atoms in total. The van der Waals surface area contributed by atoms with Crippen LogP contribution in [0.25, 0.3) is 0 Å². The Kier molecular flexibility index (Phi) is 2.03. The Morgan fingerprint density at radius 1 is 1.57 bits per heavy atom. The van der Waals surface area contributed by atoms with Gasteiger partial charge < -0.3 is 10.1 Å². The summed E-state index contributed by atoms with van der Waals surface area (Å²) in [5.41, 5.74) is 2.77. The van der Waals surface area contributed by atoms with Crippen LogP contribution in [0, 0.1) is 0 Å². The maximum absolute atomic E-state index is 5.41. The number of hydrogen-bond acceptors (Lipinski definition) is 3. The zero-order valence-electron chi connectivity index (χ0n) is 8.20. The van der Waals surface area contributed by atoms with Gasteiger partial charge in [0.1, 0.15) is 0 Å². The van der Waals surface area contributed by atoms with E-state index in [-0.39, 0.29) is 0 Å². The standard InChI is InChI=1S/C10H15N3O/c1-4-14-7-8(1)9-5-12-13-3-2-11-6-10(9)13/h5,8,11H,1-4,6-7H2/t8-/m0/s1. The largest absolute Gasteiger partial charge is 0.381 e. The lowest BCUT2D eigenvalue weighted by molar-refractivity contribution is 0.193. The molecule has 0 saturated carbocycles. The van der Waals surface area contributed by atoms with E-state index >= 15 is 0 Å². The van der Waals surface area contributed by atoms with E-state index in [0.717, 1.165) is 39.3 Å². The van der Waals surface area contributed by atoms with Gasteiger partial charge in [0, 0.05) is 31.2 Å². The van der Waals surface area contributed by atoms with Crippen LogP contribution in [0.1, 0.15) is 23.6 Å². The Morgan fingerprint density at radius 3 is 3.43 bits per heavy atom. The molecule has 1 aromatic heterocycles. The molecule has 1 atom stereocenters. The van der Waals surface area contributed by atoms with Gasteiger partial charge in [0.15, 0.2) is 0 Å². The lowest BCUT2D eigenvalue weighted by Crippen LogP contribution is -2.29. The summed E-state index contributed by atoms with van der Waals surface area (Å²) in [6.07, 6.45) is 3.18. The zero-order chi connectivity index (χ0) is 9.38. The second-order valence-electron chi connectivity index (χ2n) is 4.01. The molecule has 14 heavy (non-hydrogen) atoms. The summed E-state index contributed by atoms with van der Waals surface area (Å²) in [4.78, 5) is 0. The highest BCUT2D eigenvalue weighted by molar-refractivity contribution is 5.24. The first-order valence-electron chi connectivity index (χ1n) is 5.28. The normalized spacial score (nSPS) is 26.4. The number of rotatable bonds is 1. The van der Waals surface area contributed by atoms with Crippen molar-refractivity contribution in [3.63, 3.8) is 0 Å². The fourth-order valence-electron chi connectivity index (χ4n) is 2.32. The Hall–Kier alpha value is -0.870. The van der Waals surface area contributed by atoms with E-state index in [9.17, 15) is 0 Å². The van der Waals surface area contributed by atoms with Crippen LogP contribution in [0.2, 0.25) is 0 Å². The van der Waals surface area contributed by atoms with Crippen molar-refractivity contribution in [2.45, 2.75) is 25.4 Å². The van der Waals surface area contributed by atoms with E-state index in [1.165, 1.54) is 11.3 Å². The summed E-state index contributed by atoms with van der Waals surface area (Å²) < 4.78 is 7.54. The molecule has 4 heteroatoms. The lowest BCUT2D eigenvalue weighted by atomic mass is 9.99. The van der Waals surface area contributed by atoms with E-state index in [1.54, 1.807) is 0 Å². The predicted molar refractivity (Wildman–Crippen MR) is 52.1 cm³/mol. The fourth-order valence-corrected chi connectivity index (χ4v) is 2.32. The van der Waals surface area contributed by atoms with Crippen molar-refractivity contribution < 1.29 is 4.74 Å². The average Bonchev–Trinajstić information content (AvgIpc) is 2.85. The summed E-state index contributed by atoms with van der Waals surface area (Å²) in [5, 5.41) is 7.81. The summed E-state index contributed by atoms with van der Waals surface area (Å²) in [5.74, 6) is 0.582. The summed E-state index contributed by atoms with van der Waals surface area (Å²) in [6, 6.07) is 0. The van der Waals surface area contributed by atoms with Crippen LogP contribution >= 0.6 is 0 Å². The van der Waals surface area contributed by atoms with Gasteiger partial charge in [-0.05, 0) is 6.42 Å². The number of aromatic nitrogens is 2. The van der Waals surface area contributed by atoms with Gasteiger partial charge in [0.05, 0.1) is 25.0 Å². The molecular weight excluding hydrogens is 178 g/mol. The minimum absolute atomic E-state index is 0.582. The Labute approximate surface area is 83.2 Å². The van der Waals surface area contributed by atoms with Crippen molar-refractivity contribution in [2.24, 2.45) is 0 Å². The molecule has 1 N–H and O–H groups in total. The quantitative estimate of drug-likeness (QED) is 0.705. The van der Waals surface area contributed by atoms with Crippen molar-refractivity contribution >= 4 is 0 Å². The molecule has 1 saturated heterocycles. The van der Waals surface area contributed by atoms with Gasteiger partial charge in [0.25, 0.3) is 0 Å². The third-order valence-corrected chi connectivity index (χ3v) is 3.14. The van der Waals surface area contributed by atoms with Crippen molar-refractivity contribution in [2.75, 3.05) is 19.8 Å². The highest BCUT2D eigenvalue weighted by Crippen LogP contribution is 2.28. The molecule has 3 heterocycles. The molecule has 3 rings (SSSR count). The molecule has 0 bridgehead atoms. The van der Waals surface area contributed by atoms with E-state index in [1.807, 2.05) is 6.20 Å². The van der Waals surface area contributed by atoms with Gasteiger partial charge in [-0.1, -0.05) is 0 Å². The Balaban J connectivity index is 1.93. The number of ether oxygens (including phenoxy) is 1. The number of nitrogens with one attached hydrogen (secondary N) is 1. The molecule has 0 radical (unpaired) electrons. The van der Waals surface area contributed by atoms with E-state index < -0.39 is 0 Å². The molecule has 2 aliphatic heterocycles. The average molecular weight is 193 g/mol. The molecule has 0 aromatic carbocycles. The molecular formula is C10H15N3O. The van der Waals surface area contributed by atoms with Gasteiger partial charge >= 0.3 is 0 Å². The van der Waals surface area contributed by atoms with E-state index in [4.69, 9.17) is 4.74 Å². The third-order valence-electron chi connectivity index (χ3n) is 3.14. The molecule has 0 aliphatic carbocycles. The van der Waals surface area contributed by atoms with Crippen LogP contribution in [0.15, 0.2) is 6.20 Å². The molecule has 2 aliphatic rings. The molecule has 1 aromatic rings. The number of hydrogen-bond donors (Lipinski definition) is 1. The lowest BCUT2D eigenvalue weighted by Gasteiger charge is -2.17. The Morgan fingerprint density at radius 2 is 2.57 bits per heavy atom. The Bertz CT molecular complexity index is 328. The van der Waals surface area contributed by atoms with Gasteiger partial charge in [0.2, 0.25) is 0 Å². The van der Waals surface area contributed by atoms with Gasteiger partial charge in [-0.15, -0.1) is 0 Å². The van der Waals surface area contributed by atoms with Crippen LogP contribution < -0.4 is 5.32 Å². The highest BCUT2D eigenvalue weighted by Gasteiger charge is 2.24. The highest BCUT2D eigenvalue weighted by atomic mass is 16.5. The molecule has 1 fully saturated rings. The maximum Gasteiger partial charge on any atom is 0.0558 e. The molecule has 0 spiro atoms. The predicted octanol–water partition coefficient (Wildman–Crippen LogP) is 0.490. The van der Waals surface area contributed by atoms with Crippen LogP contribution in [-0.4, -0.2) is 29.5 Å². The van der Waals surface area contributed by atoms with Crippen molar-refractivity contribution in [1.29, 1.82) is 0 Å². The molecule has 0 amide bonds. The first-order valence-corrected chi connectivity index (χ1v) is 5.28.